The quantitative estimate of drug-likeness (QED) is 0.713. The van der Waals surface area contributed by atoms with Crippen LogP contribution in [-0.2, 0) is 4.79 Å². The van der Waals surface area contributed by atoms with E-state index in [2.05, 4.69) is 27.1 Å². The van der Waals surface area contributed by atoms with Crippen LogP contribution in [0.25, 0.3) is 0 Å². The number of fused-ring (bicyclic) bond motifs is 1. The smallest absolute Gasteiger partial charge is 0.231 e. The molecule has 0 bridgehead atoms. The van der Waals surface area contributed by atoms with Gasteiger partial charge < -0.3 is 20.2 Å². The summed E-state index contributed by atoms with van der Waals surface area (Å²) in [5, 5.41) is 14.1. The highest BCUT2D eigenvalue weighted by Gasteiger charge is 2.34. The van der Waals surface area contributed by atoms with E-state index < -0.39 is 6.10 Å². The number of nitrogens with one attached hydrogen (secondary N) is 1. The van der Waals surface area contributed by atoms with Gasteiger partial charge in [0.2, 0.25) is 5.91 Å². The average molecular weight is 460 g/mol. The lowest BCUT2D eigenvalue weighted by atomic mass is 9.97. The molecule has 8 heteroatoms. The maximum Gasteiger partial charge on any atom is 0.231 e. The minimum atomic E-state index is -0.513. The van der Waals surface area contributed by atoms with Gasteiger partial charge in [-0.05, 0) is 37.1 Å². The van der Waals surface area contributed by atoms with Gasteiger partial charge in [0.15, 0.2) is 0 Å². The van der Waals surface area contributed by atoms with Crippen molar-refractivity contribution in [1.29, 1.82) is 0 Å². The van der Waals surface area contributed by atoms with Crippen LogP contribution in [0.3, 0.4) is 0 Å². The summed E-state index contributed by atoms with van der Waals surface area (Å²) in [6, 6.07) is 7.51. The predicted octanol–water partition coefficient (Wildman–Crippen LogP) is 3.35. The van der Waals surface area contributed by atoms with Crippen LogP contribution in [0.1, 0.15) is 62.0 Å². The van der Waals surface area contributed by atoms with Gasteiger partial charge in [0, 0.05) is 43.3 Å². The standard InChI is InChI=1S/C22H28ClN5O2.C2H6/c1-14-11-18(29)20-19(14)21(26-13-25-20)27-7-9-28(10-8-27)22(30)17(12-24-2)15-3-5-16(23)6-4-15;1-2/h3-6,13-14,17-18,24,29H,7-12H2,1-2H3;1-2H3/t14-,17-,18-;/m1./s1. The van der Waals surface area contributed by atoms with E-state index in [-0.39, 0.29) is 17.7 Å². The Morgan fingerprint density at radius 1 is 1.19 bits per heavy atom. The molecule has 32 heavy (non-hydrogen) atoms. The molecule has 1 aromatic heterocycles. The summed E-state index contributed by atoms with van der Waals surface area (Å²) in [7, 11) is 1.86. The first-order valence-electron chi connectivity index (χ1n) is 11.5. The van der Waals surface area contributed by atoms with Crippen LogP contribution in [0, 0.1) is 0 Å². The summed E-state index contributed by atoms with van der Waals surface area (Å²) in [6.45, 7) is 9.39. The van der Waals surface area contributed by atoms with Crippen LogP contribution in [-0.4, -0.2) is 65.7 Å². The molecule has 2 N–H and O–H groups in total. The largest absolute Gasteiger partial charge is 0.387 e. The van der Waals surface area contributed by atoms with E-state index in [1.807, 2.05) is 50.1 Å². The number of piperazine rings is 1. The van der Waals surface area contributed by atoms with Crippen molar-refractivity contribution in [3.8, 4) is 0 Å². The lowest BCUT2D eigenvalue weighted by molar-refractivity contribution is -0.133. The van der Waals surface area contributed by atoms with Gasteiger partial charge in [0.1, 0.15) is 12.1 Å². The first kappa shape index (κ1) is 24.4. The number of nitrogens with zero attached hydrogens (tertiary/aromatic N) is 4. The number of aliphatic hydroxyl groups is 1. The highest BCUT2D eigenvalue weighted by atomic mass is 35.5. The Kier molecular flexibility index (Phi) is 8.45. The molecule has 1 amide bonds. The summed E-state index contributed by atoms with van der Waals surface area (Å²) in [4.78, 5) is 26.3. The van der Waals surface area contributed by atoms with E-state index in [4.69, 9.17) is 11.6 Å². The summed E-state index contributed by atoms with van der Waals surface area (Å²) in [6.07, 6.45) is 1.71. The third-order valence-corrected chi connectivity index (χ3v) is 6.40. The molecule has 1 aliphatic heterocycles. The number of likely N-dealkylation sites (N-methyl/N-ethyl adjacent to an activating group) is 1. The Hall–Kier alpha value is -2.22. The number of rotatable bonds is 5. The maximum absolute atomic E-state index is 13.3. The van der Waals surface area contributed by atoms with Gasteiger partial charge in [-0.3, -0.25) is 4.79 Å². The minimum Gasteiger partial charge on any atom is -0.387 e. The molecule has 2 aromatic rings. The van der Waals surface area contributed by atoms with Gasteiger partial charge in [-0.15, -0.1) is 0 Å². The molecule has 7 nitrogen and oxygen atoms in total. The van der Waals surface area contributed by atoms with Gasteiger partial charge in [-0.25, -0.2) is 9.97 Å². The van der Waals surface area contributed by atoms with Crippen LogP contribution in [0.5, 0.6) is 0 Å². The van der Waals surface area contributed by atoms with Gasteiger partial charge in [-0.1, -0.05) is 44.5 Å². The fourth-order valence-electron chi connectivity index (χ4n) is 4.56. The Bertz CT molecular complexity index is 900. The highest BCUT2D eigenvalue weighted by Crippen LogP contribution is 2.42. The number of anilines is 1. The zero-order chi connectivity index (χ0) is 23.3. The van der Waals surface area contributed by atoms with Crippen molar-refractivity contribution in [3.05, 3.63) is 52.4 Å². The summed E-state index contributed by atoms with van der Waals surface area (Å²) >= 11 is 6.01. The first-order chi connectivity index (χ1) is 15.5. The molecule has 0 saturated carbocycles. The van der Waals surface area contributed by atoms with Crippen molar-refractivity contribution in [2.75, 3.05) is 44.7 Å². The zero-order valence-corrected chi connectivity index (χ0v) is 20.1. The number of aliphatic hydroxyl groups excluding tert-OH is 1. The van der Waals surface area contributed by atoms with Crippen LogP contribution in [0.2, 0.25) is 5.02 Å². The van der Waals surface area contributed by atoms with Gasteiger partial charge in [0.25, 0.3) is 0 Å². The summed E-state index contributed by atoms with van der Waals surface area (Å²) in [5.74, 6) is 1.02. The van der Waals surface area contributed by atoms with E-state index in [1.54, 1.807) is 0 Å². The fourth-order valence-corrected chi connectivity index (χ4v) is 4.69. The SMILES string of the molecule is CC.CNC[C@@H](C(=O)N1CCN(c2ncnc3c2[C@H](C)C[C@H]3O)CC1)c1ccc(Cl)cc1. The molecule has 174 valence electrons. The predicted molar refractivity (Wildman–Crippen MR) is 128 cm³/mol. The molecule has 1 aromatic carbocycles. The Morgan fingerprint density at radius 2 is 1.84 bits per heavy atom. The molecule has 4 rings (SSSR count). The van der Waals surface area contributed by atoms with E-state index in [0.29, 0.717) is 44.2 Å². The third-order valence-electron chi connectivity index (χ3n) is 6.15. The van der Waals surface area contributed by atoms with Crippen molar-refractivity contribution in [2.45, 2.75) is 45.1 Å². The molecule has 1 saturated heterocycles. The van der Waals surface area contributed by atoms with E-state index in [0.717, 1.165) is 22.6 Å². The van der Waals surface area contributed by atoms with E-state index in [9.17, 15) is 9.90 Å². The lowest BCUT2D eigenvalue weighted by Crippen LogP contribution is -2.51. The topological polar surface area (TPSA) is 81.6 Å². The molecule has 1 fully saturated rings. The van der Waals surface area contributed by atoms with Crippen molar-refractivity contribution in [3.63, 3.8) is 0 Å². The number of carbonyl (C=O) groups excluding carboxylic acids is 1. The number of hydrogen-bond acceptors (Lipinski definition) is 6. The van der Waals surface area contributed by atoms with Gasteiger partial charge in [0.05, 0.1) is 17.7 Å². The number of halogens is 1. The Labute approximate surface area is 195 Å². The molecule has 0 spiro atoms. The second kappa shape index (κ2) is 11.1. The number of carbonyl (C=O) groups is 1. The van der Waals surface area contributed by atoms with Crippen LogP contribution < -0.4 is 10.2 Å². The average Bonchev–Trinajstić information content (AvgIpc) is 3.13. The molecule has 0 radical (unpaired) electrons. The third kappa shape index (κ3) is 5.05. The molecule has 2 heterocycles. The number of benzene rings is 1. The van der Waals surface area contributed by atoms with E-state index in [1.165, 1.54) is 6.33 Å². The maximum atomic E-state index is 13.3. The Morgan fingerprint density at radius 3 is 2.47 bits per heavy atom. The fraction of sp³-hybridized carbons (Fsp3) is 0.542. The lowest BCUT2D eigenvalue weighted by Gasteiger charge is -2.38. The second-order valence-electron chi connectivity index (χ2n) is 8.12. The monoisotopic (exact) mass is 459 g/mol. The van der Waals surface area contributed by atoms with Crippen molar-refractivity contribution >= 4 is 23.3 Å². The Balaban J connectivity index is 0.00000141. The minimum absolute atomic E-state index is 0.128. The van der Waals surface area contributed by atoms with Crippen LogP contribution in [0.15, 0.2) is 30.6 Å². The van der Waals surface area contributed by atoms with Crippen molar-refractivity contribution in [1.82, 2.24) is 20.2 Å². The van der Waals surface area contributed by atoms with E-state index >= 15 is 0 Å². The number of amides is 1. The number of aromatic nitrogens is 2. The zero-order valence-electron chi connectivity index (χ0n) is 19.4. The number of hydrogen-bond donors (Lipinski definition) is 2. The molecular weight excluding hydrogens is 426 g/mol. The second-order valence-corrected chi connectivity index (χ2v) is 8.56. The van der Waals surface area contributed by atoms with Crippen LogP contribution >= 0.6 is 11.6 Å². The van der Waals surface area contributed by atoms with Crippen molar-refractivity contribution < 1.29 is 9.90 Å². The first-order valence-corrected chi connectivity index (χ1v) is 11.8. The molecule has 1 aliphatic carbocycles. The summed E-state index contributed by atoms with van der Waals surface area (Å²) < 4.78 is 0. The molecule has 2 aliphatic rings. The highest BCUT2D eigenvalue weighted by molar-refractivity contribution is 6.30. The molecule has 0 unspecified atom stereocenters. The van der Waals surface area contributed by atoms with Crippen LogP contribution in [0.4, 0.5) is 5.82 Å². The van der Waals surface area contributed by atoms with Gasteiger partial charge >= 0.3 is 0 Å². The molecular formula is C24H34ClN5O2. The molecule has 3 atom stereocenters. The summed E-state index contributed by atoms with van der Waals surface area (Å²) in [5.41, 5.74) is 2.78. The van der Waals surface area contributed by atoms with Gasteiger partial charge in [-0.2, -0.15) is 0 Å². The normalized spacial score (nSPS) is 20.9. The van der Waals surface area contributed by atoms with Crippen molar-refractivity contribution in [2.24, 2.45) is 0 Å².